The molecular weight excluding hydrogens is 236 g/mol. The van der Waals surface area contributed by atoms with Gasteiger partial charge in [0.05, 0.1) is 13.2 Å². The molecule has 102 valence electrons. The van der Waals surface area contributed by atoms with Crippen LogP contribution in [-0.4, -0.2) is 55.3 Å². The van der Waals surface area contributed by atoms with Gasteiger partial charge in [-0.1, -0.05) is 0 Å². The van der Waals surface area contributed by atoms with Gasteiger partial charge in [0.15, 0.2) is 0 Å². The number of esters is 1. The Morgan fingerprint density at radius 1 is 1.22 bits per heavy atom. The SMILES string of the molecule is CCOC(=O)[C@@H]1C[C@H]2CN(C(=O)OCC)C[C@@H]2N1. The zero-order valence-electron chi connectivity index (χ0n) is 10.8. The number of fused-ring (bicyclic) bond motifs is 1. The average molecular weight is 256 g/mol. The molecule has 18 heavy (non-hydrogen) atoms. The molecule has 0 aromatic heterocycles. The second-order valence-corrected chi connectivity index (χ2v) is 4.68. The van der Waals surface area contributed by atoms with E-state index in [4.69, 9.17) is 9.47 Å². The summed E-state index contributed by atoms with van der Waals surface area (Å²) in [4.78, 5) is 24.9. The molecule has 0 aliphatic carbocycles. The van der Waals surface area contributed by atoms with Crippen LogP contribution in [-0.2, 0) is 14.3 Å². The second kappa shape index (κ2) is 5.56. The predicted molar refractivity (Wildman–Crippen MR) is 64.0 cm³/mol. The van der Waals surface area contributed by atoms with Gasteiger partial charge in [-0.2, -0.15) is 0 Å². The van der Waals surface area contributed by atoms with Crippen molar-refractivity contribution in [2.45, 2.75) is 32.4 Å². The molecule has 2 rings (SSSR count). The average Bonchev–Trinajstić information content (AvgIpc) is 2.86. The molecule has 2 aliphatic rings. The summed E-state index contributed by atoms with van der Waals surface area (Å²) in [6.45, 7) is 5.66. The number of hydrogen-bond acceptors (Lipinski definition) is 5. The van der Waals surface area contributed by atoms with Crippen LogP contribution < -0.4 is 5.32 Å². The molecule has 3 atom stereocenters. The molecule has 0 aromatic carbocycles. The number of carbonyl (C=O) groups is 2. The monoisotopic (exact) mass is 256 g/mol. The third kappa shape index (κ3) is 2.58. The summed E-state index contributed by atoms with van der Waals surface area (Å²) in [6, 6.07) is -0.0342. The summed E-state index contributed by atoms with van der Waals surface area (Å²) in [5.41, 5.74) is 0. The van der Waals surface area contributed by atoms with Crippen molar-refractivity contribution in [3.05, 3.63) is 0 Å². The van der Waals surface area contributed by atoms with E-state index in [1.807, 2.05) is 0 Å². The van der Waals surface area contributed by atoms with Crippen LogP contribution in [0, 0.1) is 5.92 Å². The lowest BCUT2D eigenvalue weighted by atomic mass is 10.0. The van der Waals surface area contributed by atoms with Gasteiger partial charge in [-0.25, -0.2) is 4.79 Å². The third-order valence-corrected chi connectivity index (χ3v) is 3.49. The zero-order chi connectivity index (χ0) is 13.1. The van der Waals surface area contributed by atoms with E-state index in [0.717, 1.165) is 6.42 Å². The van der Waals surface area contributed by atoms with Gasteiger partial charge in [0.25, 0.3) is 0 Å². The number of hydrogen-bond donors (Lipinski definition) is 1. The molecule has 0 unspecified atom stereocenters. The fourth-order valence-corrected chi connectivity index (χ4v) is 2.70. The Morgan fingerprint density at radius 3 is 2.56 bits per heavy atom. The van der Waals surface area contributed by atoms with E-state index in [1.54, 1.807) is 18.7 Å². The quantitative estimate of drug-likeness (QED) is 0.739. The third-order valence-electron chi connectivity index (χ3n) is 3.49. The van der Waals surface area contributed by atoms with Crippen LogP contribution >= 0.6 is 0 Å². The molecule has 1 N–H and O–H groups in total. The van der Waals surface area contributed by atoms with Gasteiger partial charge in [0.2, 0.25) is 0 Å². The molecule has 0 spiro atoms. The largest absolute Gasteiger partial charge is 0.465 e. The first-order valence-electron chi connectivity index (χ1n) is 6.50. The highest BCUT2D eigenvalue weighted by molar-refractivity contribution is 5.76. The first-order chi connectivity index (χ1) is 8.65. The Kier molecular flexibility index (Phi) is 4.06. The maximum absolute atomic E-state index is 11.6. The van der Waals surface area contributed by atoms with E-state index in [2.05, 4.69) is 5.32 Å². The van der Waals surface area contributed by atoms with Crippen LogP contribution in [0.5, 0.6) is 0 Å². The number of nitrogens with one attached hydrogen (secondary N) is 1. The van der Waals surface area contributed by atoms with Crippen LogP contribution in [0.2, 0.25) is 0 Å². The minimum Gasteiger partial charge on any atom is -0.465 e. The minimum atomic E-state index is -0.263. The molecule has 0 saturated carbocycles. The second-order valence-electron chi connectivity index (χ2n) is 4.68. The van der Waals surface area contributed by atoms with Crippen LogP contribution in [0.1, 0.15) is 20.3 Å². The van der Waals surface area contributed by atoms with Gasteiger partial charge < -0.3 is 14.4 Å². The van der Waals surface area contributed by atoms with E-state index in [-0.39, 0.29) is 24.1 Å². The summed E-state index contributed by atoms with van der Waals surface area (Å²) >= 11 is 0. The van der Waals surface area contributed by atoms with Crippen molar-refractivity contribution < 1.29 is 19.1 Å². The molecule has 2 heterocycles. The van der Waals surface area contributed by atoms with Gasteiger partial charge >= 0.3 is 12.1 Å². The Labute approximate surface area is 107 Å². The normalized spacial score (nSPS) is 30.1. The smallest absolute Gasteiger partial charge is 0.409 e. The molecule has 0 bridgehead atoms. The van der Waals surface area contributed by atoms with Crippen LogP contribution in [0.3, 0.4) is 0 Å². The molecular formula is C12H20N2O4. The van der Waals surface area contributed by atoms with E-state index < -0.39 is 0 Å². The number of amides is 1. The Morgan fingerprint density at radius 2 is 1.94 bits per heavy atom. The molecule has 0 radical (unpaired) electrons. The maximum Gasteiger partial charge on any atom is 0.409 e. The first-order valence-corrected chi connectivity index (χ1v) is 6.50. The summed E-state index contributed by atoms with van der Waals surface area (Å²) < 4.78 is 9.97. The summed E-state index contributed by atoms with van der Waals surface area (Å²) in [6.07, 6.45) is 0.473. The van der Waals surface area contributed by atoms with Gasteiger partial charge in [0, 0.05) is 19.1 Å². The number of ether oxygens (including phenoxy) is 2. The van der Waals surface area contributed by atoms with Crippen molar-refractivity contribution in [2.24, 2.45) is 5.92 Å². The lowest BCUT2D eigenvalue weighted by Gasteiger charge is -2.18. The fourth-order valence-electron chi connectivity index (χ4n) is 2.70. The molecule has 1 amide bonds. The molecule has 6 heteroatoms. The highest BCUT2D eigenvalue weighted by Gasteiger charge is 2.45. The summed E-state index contributed by atoms with van der Waals surface area (Å²) in [7, 11) is 0. The van der Waals surface area contributed by atoms with Crippen LogP contribution in [0.15, 0.2) is 0 Å². The number of rotatable bonds is 3. The highest BCUT2D eigenvalue weighted by Crippen LogP contribution is 2.28. The van der Waals surface area contributed by atoms with Gasteiger partial charge in [-0.05, 0) is 26.2 Å². The van der Waals surface area contributed by atoms with E-state index in [0.29, 0.717) is 32.2 Å². The topological polar surface area (TPSA) is 67.9 Å². The Hall–Kier alpha value is -1.30. The molecule has 2 saturated heterocycles. The number of likely N-dealkylation sites (tertiary alicyclic amines) is 1. The lowest BCUT2D eigenvalue weighted by Crippen LogP contribution is -2.41. The predicted octanol–water partition coefficient (Wildman–Crippen LogP) is 0.368. The van der Waals surface area contributed by atoms with Crippen molar-refractivity contribution in [3.8, 4) is 0 Å². The lowest BCUT2D eigenvalue weighted by molar-refractivity contribution is -0.145. The van der Waals surface area contributed by atoms with Crippen molar-refractivity contribution in [1.82, 2.24) is 10.2 Å². The van der Waals surface area contributed by atoms with Crippen molar-refractivity contribution in [1.29, 1.82) is 0 Å². The van der Waals surface area contributed by atoms with E-state index in [1.165, 1.54) is 0 Å². The maximum atomic E-state index is 11.6. The highest BCUT2D eigenvalue weighted by atomic mass is 16.6. The van der Waals surface area contributed by atoms with Gasteiger partial charge in [-0.3, -0.25) is 10.1 Å². The minimum absolute atomic E-state index is 0.184. The van der Waals surface area contributed by atoms with Gasteiger partial charge in [0.1, 0.15) is 6.04 Å². The Balaban J connectivity index is 1.84. The number of nitrogens with zero attached hydrogens (tertiary/aromatic N) is 1. The van der Waals surface area contributed by atoms with Crippen LogP contribution in [0.4, 0.5) is 4.79 Å². The van der Waals surface area contributed by atoms with Crippen molar-refractivity contribution in [3.63, 3.8) is 0 Å². The zero-order valence-corrected chi connectivity index (χ0v) is 10.8. The first kappa shape index (κ1) is 13.1. The van der Waals surface area contributed by atoms with Crippen molar-refractivity contribution >= 4 is 12.1 Å². The van der Waals surface area contributed by atoms with E-state index >= 15 is 0 Å². The summed E-state index contributed by atoms with van der Waals surface area (Å²) in [5, 5.41) is 3.24. The van der Waals surface area contributed by atoms with Gasteiger partial charge in [-0.15, -0.1) is 0 Å². The van der Waals surface area contributed by atoms with Crippen LogP contribution in [0.25, 0.3) is 0 Å². The number of carbonyl (C=O) groups excluding carboxylic acids is 2. The molecule has 6 nitrogen and oxygen atoms in total. The Bertz CT molecular complexity index is 290. The molecule has 0 aromatic rings. The standard InChI is InChI=1S/C12H20N2O4/c1-3-17-11(15)9-5-8-6-14(7-10(8)13-9)12(16)18-4-2/h8-10,13H,3-7H2,1-2H3/t8-,9-,10-/m0/s1. The fraction of sp³-hybridized carbons (Fsp3) is 0.833. The van der Waals surface area contributed by atoms with E-state index in [9.17, 15) is 9.59 Å². The van der Waals surface area contributed by atoms with Crippen molar-refractivity contribution in [2.75, 3.05) is 26.3 Å². The molecule has 2 fully saturated rings. The molecule has 2 aliphatic heterocycles. The summed E-state index contributed by atoms with van der Waals surface area (Å²) in [5.74, 6) is 0.137.